The molecule has 0 bridgehead atoms. The number of hydrogen-bond donors (Lipinski definition) is 0. The Hall–Kier alpha value is -2.01. The zero-order valence-electron chi connectivity index (χ0n) is 9.22. The van der Waals surface area contributed by atoms with Crippen molar-refractivity contribution in [2.75, 3.05) is 4.90 Å². The molecular weight excluding hydrogens is 253 g/mol. The Balaban J connectivity index is 2.02. The van der Waals surface area contributed by atoms with Gasteiger partial charge in [-0.2, -0.15) is 0 Å². The summed E-state index contributed by atoms with van der Waals surface area (Å²) in [5, 5.41) is 1.91. The fourth-order valence-electron chi connectivity index (χ4n) is 1.99. The number of amides is 1. The van der Waals surface area contributed by atoms with Crippen LogP contribution in [0.3, 0.4) is 0 Å². The molecular formula is C13H8FNO2S. The van der Waals surface area contributed by atoms with Gasteiger partial charge in [0.1, 0.15) is 5.82 Å². The highest BCUT2D eigenvalue weighted by atomic mass is 32.1. The molecule has 3 rings (SSSR count). The van der Waals surface area contributed by atoms with Crippen molar-refractivity contribution in [2.24, 2.45) is 0 Å². The van der Waals surface area contributed by atoms with Crippen molar-refractivity contribution in [1.82, 2.24) is 0 Å². The van der Waals surface area contributed by atoms with Gasteiger partial charge in [0.05, 0.1) is 17.8 Å². The molecule has 0 saturated heterocycles. The van der Waals surface area contributed by atoms with Crippen molar-refractivity contribution in [3.63, 3.8) is 0 Å². The van der Waals surface area contributed by atoms with E-state index in [1.165, 1.54) is 28.4 Å². The summed E-state index contributed by atoms with van der Waals surface area (Å²) in [6.45, 7) is 0.348. The highest BCUT2D eigenvalue weighted by molar-refractivity contribution is 7.09. The van der Waals surface area contributed by atoms with Gasteiger partial charge in [-0.1, -0.05) is 6.07 Å². The van der Waals surface area contributed by atoms with Crippen LogP contribution in [-0.4, -0.2) is 11.7 Å². The third-order valence-electron chi connectivity index (χ3n) is 2.83. The molecule has 0 aliphatic carbocycles. The molecule has 2 heterocycles. The number of carbonyl (C=O) groups excluding carboxylic acids is 2. The van der Waals surface area contributed by atoms with E-state index in [9.17, 15) is 14.0 Å². The van der Waals surface area contributed by atoms with Crippen LogP contribution >= 0.6 is 11.3 Å². The van der Waals surface area contributed by atoms with Crippen LogP contribution in [0.15, 0.2) is 35.7 Å². The molecule has 0 saturated carbocycles. The Labute approximate surface area is 106 Å². The molecule has 0 unspecified atom stereocenters. The highest BCUT2D eigenvalue weighted by Crippen LogP contribution is 2.31. The summed E-state index contributed by atoms with van der Waals surface area (Å²) in [6, 6.07) is 7.62. The molecule has 90 valence electrons. The average Bonchev–Trinajstić information content (AvgIpc) is 2.94. The molecule has 1 aromatic carbocycles. The predicted octanol–water partition coefficient (Wildman–Crippen LogP) is 2.62. The van der Waals surface area contributed by atoms with Crippen molar-refractivity contribution < 1.29 is 14.0 Å². The van der Waals surface area contributed by atoms with Gasteiger partial charge in [0.25, 0.3) is 11.7 Å². The lowest BCUT2D eigenvalue weighted by molar-refractivity contribution is -0.114. The Morgan fingerprint density at radius 2 is 2.06 bits per heavy atom. The molecule has 0 spiro atoms. The summed E-state index contributed by atoms with van der Waals surface area (Å²) in [7, 11) is 0. The summed E-state index contributed by atoms with van der Waals surface area (Å²) in [6.07, 6.45) is 0. The van der Waals surface area contributed by atoms with Gasteiger partial charge in [0.15, 0.2) is 0 Å². The normalized spacial score (nSPS) is 14.2. The second-order valence-corrected chi connectivity index (χ2v) is 4.99. The minimum atomic E-state index is -0.638. The van der Waals surface area contributed by atoms with Gasteiger partial charge in [0, 0.05) is 4.88 Å². The Morgan fingerprint density at radius 1 is 1.22 bits per heavy atom. The van der Waals surface area contributed by atoms with E-state index in [0.717, 1.165) is 10.9 Å². The maximum Gasteiger partial charge on any atom is 0.299 e. The maximum atomic E-state index is 13.1. The van der Waals surface area contributed by atoms with E-state index in [1.807, 2.05) is 17.5 Å². The summed E-state index contributed by atoms with van der Waals surface area (Å²) in [5.41, 5.74) is 0.636. The molecule has 1 aromatic heterocycles. The van der Waals surface area contributed by atoms with Gasteiger partial charge < -0.3 is 0 Å². The number of benzene rings is 1. The summed E-state index contributed by atoms with van der Waals surface area (Å²) in [5.74, 6) is -1.74. The molecule has 1 aliphatic heterocycles. The Kier molecular flexibility index (Phi) is 2.48. The lowest BCUT2D eigenvalue weighted by Crippen LogP contribution is -2.28. The van der Waals surface area contributed by atoms with Crippen LogP contribution in [-0.2, 0) is 11.3 Å². The van der Waals surface area contributed by atoms with Crippen molar-refractivity contribution >= 4 is 28.7 Å². The zero-order valence-corrected chi connectivity index (χ0v) is 10.0. The number of carbonyl (C=O) groups is 2. The lowest BCUT2D eigenvalue weighted by atomic mass is 10.1. The monoisotopic (exact) mass is 261 g/mol. The van der Waals surface area contributed by atoms with Gasteiger partial charge in [0.2, 0.25) is 0 Å². The van der Waals surface area contributed by atoms with E-state index in [-0.39, 0.29) is 5.56 Å². The number of anilines is 1. The topological polar surface area (TPSA) is 37.4 Å². The van der Waals surface area contributed by atoms with Crippen molar-refractivity contribution in [3.8, 4) is 0 Å². The summed E-state index contributed by atoms with van der Waals surface area (Å²) < 4.78 is 13.1. The quantitative estimate of drug-likeness (QED) is 0.779. The molecule has 1 aliphatic rings. The highest BCUT2D eigenvalue weighted by Gasteiger charge is 2.36. The predicted molar refractivity (Wildman–Crippen MR) is 66.2 cm³/mol. The second kappa shape index (κ2) is 4.03. The summed E-state index contributed by atoms with van der Waals surface area (Å²) in [4.78, 5) is 26.0. The number of fused-ring (bicyclic) bond motifs is 1. The van der Waals surface area contributed by atoms with Crippen LogP contribution in [0.2, 0.25) is 0 Å². The maximum absolute atomic E-state index is 13.1. The number of nitrogens with zero attached hydrogens (tertiary/aromatic N) is 1. The molecule has 2 aromatic rings. The number of halogens is 1. The zero-order chi connectivity index (χ0) is 12.7. The van der Waals surface area contributed by atoms with E-state index in [0.29, 0.717) is 12.2 Å². The van der Waals surface area contributed by atoms with Crippen LogP contribution in [0.25, 0.3) is 0 Å². The molecule has 0 atom stereocenters. The number of hydrogen-bond acceptors (Lipinski definition) is 3. The van der Waals surface area contributed by atoms with Gasteiger partial charge in [-0.05, 0) is 29.6 Å². The first-order valence-electron chi connectivity index (χ1n) is 5.35. The van der Waals surface area contributed by atoms with Crippen LogP contribution < -0.4 is 4.90 Å². The summed E-state index contributed by atoms with van der Waals surface area (Å²) >= 11 is 1.51. The first kappa shape index (κ1) is 11.1. The van der Waals surface area contributed by atoms with Gasteiger partial charge in [-0.3, -0.25) is 14.5 Å². The average molecular weight is 261 g/mol. The molecule has 18 heavy (non-hydrogen) atoms. The van der Waals surface area contributed by atoms with E-state index >= 15 is 0 Å². The van der Waals surface area contributed by atoms with Crippen LogP contribution in [0, 0.1) is 5.82 Å². The molecule has 0 radical (unpaired) electrons. The molecule has 0 fully saturated rings. The molecule has 0 N–H and O–H groups in total. The third kappa shape index (κ3) is 1.64. The SMILES string of the molecule is O=C1C(=O)N(Cc2cccs2)c2ccc(F)cc21. The van der Waals surface area contributed by atoms with E-state index < -0.39 is 17.5 Å². The molecule has 1 amide bonds. The third-order valence-corrected chi connectivity index (χ3v) is 3.69. The first-order chi connectivity index (χ1) is 8.66. The van der Waals surface area contributed by atoms with E-state index in [2.05, 4.69) is 0 Å². The van der Waals surface area contributed by atoms with Gasteiger partial charge >= 0.3 is 0 Å². The lowest BCUT2D eigenvalue weighted by Gasteiger charge is -2.15. The molecule has 5 heteroatoms. The van der Waals surface area contributed by atoms with Gasteiger partial charge in [-0.15, -0.1) is 11.3 Å². The number of thiophene rings is 1. The number of rotatable bonds is 2. The Bertz CT molecular complexity index is 636. The number of Topliss-reactive ketones (excluding diaryl/α,β-unsaturated/α-hetero) is 1. The van der Waals surface area contributed by atoms with E-state index in [1.54, 1.807) is 0 Å². The smallest absolute Gasteiger partial charge is 0.299 e. The minimum absolute atomic E-state index is 0.150. The fraction of sp³-hybridized carbons (Fsp3) is 0.0769. The second-order valence-electron chi connectivity index (χ2n) is 3.96. The van der Waals surface area contributed by atoms with E-state index in [4.69, 9.17) is 0 Å². The number of ketones is 1. The van der Waals surface area contributed by atoms with Crippen LogP contribution in [0.5, 0.6) is 0 Å². The van der Waals surface area contributed by atoms with Gasteiger partial charge in [-0.25, -0.2) is 4.39 Å². The first-order valence-corrected chi connectivity index (χ1v) is 6.23. The van der Waals surface area contributed by atoms with Crippen molar-refractivity contribution in [1.29, 1.82) is 0 Å². The van der Waals surface area contributed by atoms with Crippen LogP contribution in [0.4, 0.5) is 10.1 Å². The fourth-order valence-corrected chi connectivity index (χ4v) is 2.68. The van der Waals surface area contributed by atoms with Crippen molar-refractivity contribution in [3.05, 3.63) is 52.0 Å². The van der Waals surface area contributed by atoms with Crippen LogP contribution in [0.1, 0.15) is 15.2 Å². The minimum Gasteiger partial charge on any atom is -0.300 e. The Morgan fingerprint density at radius 3 is 2.78 bits per heavy atom. The largest absolute Gasteiger partial charge is 0.300 e. The standard InChI is InChI=1S/C13H8FNO2S/c14-8-3-4-11-10(6-8)12(16)13(17)15(11)7-9-2-1-5-18-9/h1-6H,7H2. The molecule has 3 nitrogen and oxygen atoms in total. The van der Waals surface area contributed by atoms with Crippen molar-refractivity contribution in [2.45, 2.75) is 6.54 Å².